The number of nitrogens with zero attached hydrogens (tertiary/aromatic N) is 2. The van der Waals surface area contributed by atoms with E-state index in [4.69, 9.17) is 0 Å². The van der Waals surface area contributed by atoms with Crippen molar-refractivity contribution in [3.63, 3.8) is 0 Å². The first kappa shape index (κ1) is 14.4. The lowest BCUT2D eigenvalue weighted by Gasteiger charge is -2.36. The summed E-state index contributed by atoms with van der Waals surface area (Å²) in [4.78, 5) is 16.8. The maximum Gasteiger partial charge on any atom is 0.227 e. The van der Waals surface area contributed by atoms with Gasteiger partial charge in [0.15, 0.2) is 0 Å². The van der Waals surface area contributed by atoms with Gasteiger partial charge in [-0.05, 0) is 37.9 Å². The Kier molecular flexibility index (Phi) is 4.44. The van der Waals surface area contributed by atoms with Gasteiger partial charge < -0.3 is 15.1 Å². The van der Waals surface area contributed by atoms with Gasteiger partial charge in [-0.15, -0.1) is 0 Å². The molecule has 1 unspecified atom stereocenters. The standard InChI is InChI=1S/C17H25N3O/c1-19-12-13-20(16-8-3-2-7-15(16)19)17(21)10-9-14-6-4-5-11-18-14/h2-3,7-8,14,18H,4-6,9-13H2,1H3. The molecule has 4 heteroatoms. The van der Waals surface area contributed by atoms with Gasteiger partial charge in [0.05, 0.1) is 11.4 Å². The van der Waals surface area contributed by atoms with E-state index in [1.54, 1.807) is 0 Å². The number of carbonyl (C=O) groups is 1. The number of para-hydroxylation sites is 2. The Hall–Kier alpha value is -1.55. The summed E-state index contributed by atoms with van der Waals surface area (Å²) in [6.07, 6.45) is 5.40. The van der Waals surface area contributed by atoms with Gasteiger partial charge in [-0.2, -0.15) is 0 Å². The number of fused-ring (bicyclic) bond motifs is 1. The normalized spacial score (nSPS) is 22.0. The SMILES string of the molecule is CN1CCN(C(=O)CCC2CCCCN2)c2ccccc21. The van der Waals surface area contributed by atoms with Crippen molar-refractivity contribution in [2.75, 3.05) is 36.5 Å². The van der Waals surface area contributed by atoms with Crippen molar-refractivity contribution in [1.29, 1.82) is 0 Å². The van der Waals surface area contributed by atoms with Crippen LogP contribution in [0, 0.1) is 0 Å². The van der Waals surface area contributed by atoms with Gasteiger partial charge in [-0.25, -0.2) is 0 Å². The lowest BCUT2D eigenvalue weighted by molar-refractivity contribution is -0.118. The fourth-order valence-corrected chi connectivity index (χ4v) is 3.37. The summed E-state index contributed by atoms with van der Waals surface area (Å²) in [5.41, 5.74) is 2.22. The Morgan fingerprint density at radius 1 is 1.24 bits per heavy atom. The van der Waals surface area contributed by atoms with Gasteiger partial charge in [0.25, 0.3) is 0 Å². The fourth-order valence-electron chi connectivity index (χ4n) is 3.37. The zero-order valence-corrected chi connectivity index (χ0v) is 12.8. The monoisotopic (exact) mass is 287 g/mol. The number of hydrogen-bond donors (Lipinski definition) is 1. The molecular weight excluding hydrogens is 262 g/mol. The molecule has 114 valence electrons. The average molecular weight is 287 g/mol. The van der Waals surface area contributed by atoms with E-state index in [-0.39, 0.29) is 5.91 Å². The molecule has 1 atom stereocenters. The summed E-state index contributed by atoms with van der Waals surface area (Å²) in [5, 5.41) is 3.52. The van der Waals surface area contributed by atoms with Crippen LogP contribution < -0.4 is 15.1 Å². The molecule has 4 nitrogen and oxygen atoms in total. The molecule has 2 aliphatic rings. The summed E-state index contributed by atoms with van der Waals surface area (Å²) in [6, 6.07) is 8.74. The molecule has 3 rings (SSSR count). The predicted octanol–water partition coefficient (Wildman–Crippen LogP) is 2.39. The molecule has 0 saturated carbocycles. The van der Waals surface area contributed by atoms with Crippen LogP contribution in [-0.4, -0.2) is 38.6 Å². The van der Waals surface area contributed by atoms with Crippen molar-refractivity contribution >= 4 is 17.3 Å². The van der Waals surface area contributed by atoms with Gasteiger partial charge in [0.2, 0.25) is 5.91 Å². The van der Waals surface area contributed by atoms with Gasteiger partial charge in [0, 0.05) is 32.6 Å². The smallest absolute Gasteiger partial charge is 0.227 e. The highest BCUT2D eigenvalue weighted by Crippen LogP contribution is 2.32. The van der Waals surface area contributed by atoms with E-state index < -0.39 is 0 Å². The summed E-state index contributed by atoms with van der Waals surface area (Å²) >= 11 is 0. The van der Waals surface area contributed by atoms with Gasteiger partial charge >= 0.3 is 0 Å². The zero-order chi connectivity index (χ0) is 14.7. The fraction of sp³-hybridized carbons (Fsp3) is 0.588. The number of hydrogen-bond acceptors (Lipinski definition) is 3. The largest absolute Gasteiger partial charge is 0.371 e. The summed E-state index contributed by atoms with van der Waals surface area (Å²) in [5.74, 6) is 0.267. The molecule has 1 aromatic rings. The second-order valence-electron chi connectivity index (χ2n) is 6.14. The Balaban J connectivity index is 1.63. The van der Waals surface area contributed by atoms with E-state index in [9.17, 15) is 4.79 Å². The molecule has 0 aliphatic carbocycles. The van der Waals surface area contributed by atoms with Crippen LogP contribution in [0.3, 0.4) is 0 Å². The number of rotatable bonds is 3. The van der Waals surface area contributed by atoms with Crippen LogP contribution in [-0.2, 0) is 4.79 Å². The highest BCUT2D eigenvalue weighted by atomic mass is 16.2. The van der Waals surface area contributed by atoms with Gasteiger partial charge in [0.1, 0.15) is 0 Å². The molecule has 21 heavy (non-hydrogen) atoms. The van der Waals surface area contributed by atoms with E-state index in [1.807, 2.05) is 17.0 Å². The number of likely N-dealkylation sites (N-methyl/N-ethyl adjacent to an activating group) is 1. The van der Waals surface area contributed by atoms with Gasteiger partial charge in [-0.1, -0.05) is 18.6 Å². The van der Waals surface area contributed by atoms with Crippen molar-refractivity contribution in [3.8, 4) is 0 Å². The van der Waals surface area contributed by atoms with Gasteiger partial charge in [-0.3, -0.25) is 4.79 Å². The highest BCUT2D eigenvalue weighted by Gasteiger charge is 2.25. The molecule has 2 heterocycles. The van der Waals surface area contributed by atoms with Crippen molar-refractivity contribution in [1.82, 2.24) is 5.32 Å². The first-order valence-electron chi connectivity index (χ1n) is 8.09. The molecule has 0 spiro atoms. The lowest BCUT2D eigenvalue weighted by Crippen LogP contribution is -2.43. The van der Waals surface area contributed by atoms with Crippen LogP contribution in [0.15, 0.2) is 24.3 Å². The third kappa shape index (κ3) is 3.21. The molecule has 0 bridgehead atoms. The Labute approximate surface area is 127 Å². The molecule has 1 N–H and O–H groups in total. The van der Waals surface area contributed by atoms with E-state index in [1.165, 1.54) is 19.3 Å². The Morgan fingerprint density at radius 2 is 2.05 bits per heavy atom. The number of piperidine rings is 1. The zero-order valence-electron chi connectivity index (χ0n) is 12.8. The van der Waals surface area contributed by atoms with Crippen molar-refractivity contribution in [2.24, 2.45) is 0 Å². The summed E-state index contributed by atoms with van der Waals surface area (Å²) in [6.45, 7) is 2.81. The molecule has 2 aliphatic heterocycles. The lowest BCUT2D eigenvalue weighted by atomic mass is 10.00. The van der Waals surface area contributed by atoms with Crippen LogP contribution in [0.2, 0.25) is 0 Å². The van der Waals surface area contributed by atoms with Crippen LogP contribution in [0.4, 0.5) is 11.4 Å². The Morgan fingerprint density at radius 3 is 2.81 bits per heavy atom. The third-order valence-corrected chi connectivity index (χ3v) is 4.66. The molecule has 1 aromatic carbocycles. The molecule has 1 amide bonds. The third-order valence-electron chi connectivity index (χ3n) is 4.66. The first-order valence-corrected chi connectivity index (χ1v) is 8.09. The second kappa shape index (κ2) is 6.48. The minimum absolute atomic E-state index is 0.267. The van der Waals surface area contributed by atoms with Crippen molar-refractivity contribution in [3.05, 3.63) is 24.3 Å². The maximum atomic E-state index is 12.6. The minimum Gasteiger partial charge on any atom is -0.371 e. The quantitative estimate of drug-likeness (QED) is 0.927. The molecule has 0 aromatic heterocycles. The second-order valence-corrected chi connectivity index (χ2v) is 6.14. The van der Waals surface area contributed by atoms with Crippen LogP contribution in [0.25, 0.3) is 0 Å². The van der Waals surface area contributed by atoms with Crippen LogP contribution in [0.1, 0.15) is 32.1 Å². The van der Waals surface area contributed by atoms with Crippen LogP contribution in [0.5, 0.6) is 0 Å². The molecule has 0 radical (unpaired) electrons. The number of carbonyl (C=O) groups excluding carboxylic acids is 1. The molecule has 1 fully saturated rings. The van der Waals surface area contributed by atoms with E-state index in [0.29, 0.717) is 12.5 Å². The highest BCUT2D eigenvalue weighted by molar-refractivity contribution is 5.97. The number of benzene rings is 1. The number of amides is 1. The van der Waals surface area contributed by atoms with E-state index in [0.717, 1.165) is 37.4 Å². The van der Waals surface area contributed by atoms with Crippen molar-refractivity contribution < 1.29 is 4.79 Å². The molecule has 1 saturated heterocycles. The van der Waals surface area contributed by atoms with E-state index >= 15 is 0 Å². The number of anilines is 2. The minimum atomic E-state index is 0.267. The van der Waals surface area contributed by atoms with Crippen LogP contribution >= 0.6 is 0 Å². The molecular formula is C17H25N3O. The van der Waals surface area contributed by atoms with Crippen molar-refractivity contribution in [2.45, 2.75) is 38.1 Å². The maximum absolute atomic E-state index is 12.6. The predicted molar refractivity (Wildman–Crippen MR) is 86.9 cm³/mol. The summed E-state index contributed by atoms with van der Waals surface area (Å²) in [7, 11) is 2.09. The van der Waals surface area contributed by atoms with E-state index in [2.05, 4.69) is 29.4 Å². The first-order chi connectivity index (χ1) is 10.3. The number of nitrogens with one attached hydrogen (secondary N) is 1. The topological polar surface area (TPSA) is 35.6 Å². The average Bonchev–Trinajstić information content (AvgIpc) is 2.54. The summed E-state index contributed by atoms with van der Waals surface area (Å²) < 4.78 is 0. The Bertz CT molecular complexity index is 497.